The van der Waals surface area contributed by atoms with Gasteiger partial charge in [-0.3, -0.25) is 0 Å². The highest BCUT2D eigenvalue weighted by Crippen LogP contribution is 2.23. The van der Waals surface area contributed by atoms with Crippen molar-refractivity contribution in [2.45, 2.75) is 39.2 Å². The molecule has 0 aliphatic carbocycles. The first-order valence-electron chi connectivity index (χ1n) is 7.41. The molecule has 7 heteroatoms. The lowest BCUT2D eigenvalue weighted by Crippen LogP contribution is -2.05. The zero-order chi connectivity index (χ0) is 15.9. The molecule has 0 amide bonds. The molecule has 0 aliphatic heterocycles. The number of nitrogen functional groups attached to an aromatic ring is 1. The lowest BCUT2D eigenvalue weighted by Gasteiger charge is -2.05. The van der Waals surface area contributed by atoms with Gasteiger partial charge in [0.05, 0.1) is 19.2 Å². The number of anilines is 1. The third-order valence-electron chi connectivity index (χ3n) is 3.35. The molecule has 0 atom stereocenters. The van der Waals surface area contributed by atoms with Gasteiger partial charge in [0.1, 0.15) is 0 Å². The highest BCUT2D eigenvalue weighted by Gasteiger charge is 2.17. The van der Waals surface area contributed by atoms with Crippen molar-refractivity contribution >= 4 is 11.7 Å². The van der Waals surface area contributed by atoms with E-state index in [-0.39, 0.29) is 0 Å². The molecule has 1 heterocycles. The van der Waals surface area contributed by atoms with Crippen LogP contribution in [0.25, 0.3) is 11.4 Å². The normalized spacial score (nSPS) is 10.6. The van der Waals surface area contributed by atoms with Crippen LogP contribution < -0.4 is 5.73 Å². The number of methoxy groups -OCH3 is 1. The maximum Gasteiger partial charge on any atom is 0.338 e. The van der Waals surface area contributed by atoms with Gasteiger partial charge in [0.15, 0.2) is 0 Å². The standard InChI is InChI=1S/C15H21N5O2/c1-3-4-5-6-9-20-18-14(17-19-20)13-10-11(16)7-8-12(13)15(21)22-2/h7-8,10H,3-6,9,16H2,1-2H3. The second kappa shape index (κ2) is 7.53. The minimum absolute atomic E-state index is 0.377. The molecule has 1 aromatic heterocycles. The molecule has 0 saturated carbocycles. The summed E-state index contributed by atoms with van der Waals surface area (Å²) >= 11 is 0. The molecule has 0 bridgehead atoms. The third kappa shape index (κ3) is 3.81. The van der Waals surface area contributed by atoms with Crippen LogP contribution in [0.2, 0.25) is 0 Å². The summed E-state index contributed by atoms with van der Waals surface area (Å²) in [5.41, 5.74) is 7.23. The molecule has 0 aliphatic rings. The number of tetrazole rings is 1. The largest absolute Gasteiger partial charge is 0.465 e. The monoisotopic (exact) mass is 303 g/mol. The molecule has 0 saturated heterocycles. The number of nitrogens with two attached hydrogens (primary N) is 1. The SMILES string of the molecule is CCCCCCn1nnc(-c2cc(N)ccc2C(=O)OC)n1. The van der Waals surface area contributed by atoms with E-state index in [9.17, 15) is 4.79 Å². The molecule has 2 rings (SSSR count). The quantitative estimate of drug-likeness (QED) is 0.479. The van der Waals surface area contributed by atoms with E-state index in [0.29, 0.717) is 29.2 Å². The van der Waals surface area contributed by atoms with E-state index in [0.717, 1.165) is 12.8 Å². The Bertz CT molecular complexity index is 639. The number of benzene rings is 1. The van der Waals surface area contributed by atoms with Gasteiger partial charge < -0.3 is 10.5 Å². The smallest absolute Gasteiger partial charge is 0.338 e. The minimum Gasteiger partial charge on any atom is -0.465 e. The first kappa shape index (κ1) is 15.9. The zero-order valence-electron chi connectivity index (χ0n) is 13.0. The van der Waals surface area contributed by atoms with E-state index in [1.165, 1.54) is 20.0 Å². The number of unbranched alkanes of at least 4 members (excludes halogenated alkanes) is 3. The summed E-state index contributed by atoms with van der Waals surface area (Å²) in [5, 5.41) is 12.4. The average Bonchev–Trinajstić information content (AvgIpc) is 2.99. The van der Waals surface area contributed by atoms with Crippen LogP contribution in [0.15, 0.2) is 18.2 Å². The van der Waals surface area contributed by atoms with Gasteiger partial charge in [-0.05, 0) is 29.8 Å². The van der Waals surface area contributed by atoms with E-state index in [1.807, 2.05) is 0 Å². The van der Waals surface area contributed by atoms with Crippen LogP contribution >= 0.6 is 0 Å². The molecule has 0 spiro atoms. The Balaban J connectivity index is 2.19. The van der Waals surface area contributed by atoms with Gasteiger partial charge in [-0.2, -0.15) is 4.80 Å². The van der Waals surface area contributed by atoms with Crippen LogP contribution in [-0.4, -0.2) is 33.3 Å². The van der Waals surface area contributed by atoms with Crippen molar-refractivity contribution in [3.05, 3.63) is 23.8 Å². The number of rotatable bonds is 7. The summed E-state index contributed by atoms with van der Waals surface area (Å²) in [4.78, 5) is 13.4. The first-order valence-corrected chi connectivity index (χ1v) is 7.41. The summed E-state index contributed by atoms with van der Waals surface area (Å²) in [6.45, 7) is 2.88. The summed E-state index contributed by atoms with van der Waals surface area (Å²) in [6, 6.07) is 4.91. The van der Waals surface area contributed by atoms with Crippen LogP contribution in [0, 0.1) is 0 Å². The Morgan fingerprint density at radius 1 is 1.32 bits per heavy atom. The highest BCUT2D eigenvalue weighted by atomic mass is 16.5. The number of hydrogen-bond acceptors (Lipinski definition) is 6. The van der Waals surface area contributed by atoms with Crippen LogP contribution in [0.4, 0.5) is 5.69 Å². The number of aryl methyl sites for hydroxylation is 1. The Morgan fingerprint density at radius 2 is 2.14 bits per heavy atom. The van der Waals surface area contributed by atoms with E-state index in [4.69, 9.17) is 10.5 Å². The molecule has 2 aromatic rings. The van der Waals surface area contributed by atoms with Gasteiger partial charge in [-0.25, -0.2) is 4.79 Å². The number of esters is 1. The number of ether oxygens (including phenoxy) is 1. The van der Waals surface area contributed by atoms with Gasteiger partial charge in [0.25, 0.3) is 0 Å². The van der Waals surface area contributed by atoms with Gasteiger partial charge >= 0.3 is 5.97 Å². The number of hydrogen-bond donors (Lipinski definition) is 1. The fourth-order valence-corrected chi connectivity index (χ4v) is 2.16. The minimum atomic E-state index is -0.450. The maximum absolute atomic E-state index is 11.8. The van der Waals surface area contributed by atoms with Crippen molar-refractivity contribution in [1.82, 2.24) is 20.2 Å². The van der Waals surface area contributed by atoms with Gasteiger partial charge in [0, 0.05) is 11.3 Å². The van der Waals surface area contributed by atoms with E-state index < -0.39 is 5.97 Å². The molecule has 0 radical (unpaired) electrons. The molecule has 1 aromatic carbocycles. The van der Waals surface area contributed by atoms with Crippen LogP contribution in [0.1, 0.15) is 43.0 Å². The summed E-state index contributed by atoms with van der Waals surface area (Å²) in [6.07, 6.45) is 4.52. The Hall–Kier alpha value is -2.44. The average molecular weight is 303 g/mol. The lowest BCUT2D eigenvalue weighted by molar-refractivity contribution is 0.0601. The number of carbonyl (C=O) groups excluding carboxylic acids is 1. The summed E-state index contributed by atoms with van der Waals surface area (Å²) in [7, 11) is 1.33. The molecular weight excluding hydrogens is 282 g/mol. The molecule has 7 nitrogen and oxygen atoms in total. The van der Waals surface area contributed by atoms with Gasteiger partial charge in [-0.1, -0.05) is 26.2 Å². The molecular formula is C15H21N5O2. The van der Waals surface area contributed by atoms with Crippen LogP contribution in [0.5, 0.6) is 0 Å². The predicted octanol–water partition coefficient (Wildman–Crippen LogP) is 2.29. The highest BCUT2D eigenvalue weighted by molar-refractivity contribution is 5.96. The van der Waals surface area contributed by atoms with Gasteiger partial charge in [-0.15, -0.1) is 10.2 Å². The first-order chi connectivity index (χ1) is 10.7. The number of aromatic nitrogens is 4. The van der Waals surface area contributed by atoms with E-state index in [1.54, 1.807) is 23.0 Å². The fourth-order valence-electron chi connectivity index (χ4n) is 2.16. The van der Waals surface area contributed by atoms with E-state index >= 15 is 0 Å². The van der Waals surface area contributed by atoms with Crippen molar-refractivity contribution < 1.29 is 9.53 Å². The Labute approximate surface area is 129 Å². The van der Waals surface area contributed by atoms with Crippen LogP contribution in [-0.2, 0) is 11.3 Å². The number of nitrogens with zero attached hydrogens (tertiary/aromatic N) is 4. The zero-order valence-corrected chi connectivity index (χ0v) is 13.0. The molecule has 0 fully saturated rings. The van der Waals surface area contributed by atoms with Crippen LogP contribution in [0.3, 0.4) is 0 Å². The molecule has 2 N–H and O–H groups in total. The van der Waals surface area contributed by atoms with Gasteiger partial charge in [0.2, 0.25) is 5.82 Å². The predicted molar refractivity (Wildman–Crippen MR) is 83.1 cm³/mol. The lowest BCUT2D eigenvalue weighted by atomic mass is 10.1. The molecule has 22 heavy (non-hydrogen) atoms. The maximum atomic E-state index is 11.8. The van der Waals surface area contributed by atoms with Crippen molar-refractivity contribution in [2.24, 2.45) is 0 Å². The number of carbonyl (C=O) groups is 1. The van der Waals surface area contributed by atoms with Crippen molar-refractivity contribution in [3.8, 4) is 11.4 Å². The second-order valence-electron chi connectivity index (χ2n) is 5.07. The van der Waals surface area contributed by atoms with Crippen molar-refractivity contribution in [1.29, 1.82) is 0 Å². The summed E-state index contributed by atoms with van der Waals surface area (Å²) in [5.74, 6) is -0.0718. The third-order valence-corrected chi connectivity index (χ3v) is 3.35. The molecule has 118 valence electrons. The van der Waals surface area contributed by atoms with Crippen molar-refractivity contribution in [3.63, 3.8) is 0 Å². The van der Waals surface area contributed by atoms with E-state index in [2.05, 4.69) is 22.3 Å². The summed E-state index contributed by atoms with van der Waals surface area (Å²) < 4.78 is 4.77. The fraction of sp³-hybridized carbons (Fsp3) is 0.467. The molecule has 0 unspecified atom stereocenters. The topological polar surface area (TPSA) is 95.9 Å². The second-order valence-corrected chi connectivity index (χ2v) is 5.07. The van der Waals surface area contributed by atoms with Crippen molar-refractivity contribution in [2.75, 3.05) is 12.8 Å². The Kier molecular flexibility index (Phi) is 5.46. The Morgan fingerprint density at radius 3 is 2.86 bits per heavy atom.